The lowest BCUT2D eigenvalue weighted by Crippen LogP contribution is -2.18. The van der Waals surface area contributed by atoms with Crippen LogP contribution in [0.25, 0.3) is 0 Å². The summed E-state index contributed by atoms with van der Waals surface area (Å²) in [5.74, 6) is 1.51. The molecule has 0 aliphatic rings. The van der Waals surface area contributed by atoms with Crippen molar-refractivity contribution in [2.75, 3.05) is 13.2 Å². The summed E-state index contributed by atoms with van der Waals surface area (Å²) in [6.07, 6.45) is 0.726. The molecule has 6 heteroatoms. The fourth-order valence-corrected chi connectivity index (χ4v) is 3.17. The number of ether oxygens (including phenoxy) is 2. The first kappa shape index (κ1) is 24.5. The standard InChI is InChI=1S/C27H30O6/c28-17-25-14-15-27(33-25)26(30)13-7-10-22(19-32-24-11-5-2-6-12-24)16-23(29)20-31-18-21-8-3-1-4-9-21/h1-9,11-12,14-15,23,26,28-30H,13,16-20H2/t10?,23-,26-/m1/s1. The minimum atomic E-state index is -0.853. The molecule has 1 aromatic heterocycles. The first-order chi connectivity index (χ1) is 16.1. The molecule has 0 unspecified atom stereocenters. The summed E-state index contributed by atoms with van der Waals surface area (Å²) in [7, 11) is 0. The molecule has 174 valence electrons. The lowest BCUT2D eigenvalue weighted by atomic mass is 10.1. The highest BCUT2D eigenvalue weighted by atomic mass is 16.5. The Bertz CT molecular complexity index is 1010. The van der Waals surface area contributed by atoms with Gasteiger partial charge in [-0.15, -0.1) is 5.73 Å². The highest BCUT2D eigenvalue weighted by Crippen LogP contribution is 2.20. The molecule has 0 aliphatic carbocycles. The second-order valence-electron chi connectivity index (χ2n) is 7.63. The van der Waals surface area contributed by atoms with Gasteiger partial charge in [0.05, 0.1) is 19.3 Å². The van der Waals surface area contributed by atoms with Crippen LogP contribution in [-0.4, -0.2) is 34.6 Å². The van der Waals surface area contributed by atoms with E-state index in [2.05, 4.69) is 5.73 Å². The van der Waals surface area contributed by atoms with Gasteiger partial charge in [-0.1, -0.05) is 48.5 Å². The second kappa shape index (κ2) is 13.4. The molecule has 0 radical (unpaired) electrons. The molecule has 33 heavy (non-hydrogen) atoms. The smallest absolute Gasteiger partial charge is 0.133 e. The predicted molar refractivity (Wildman–Crippen MR) is 124 cm³/mol. The number of aliphatic hydroxyl groups is 3. The Morgan fingerprint density at radius 3 is 2.39 bits per heavy atom. The maximum Gasteiger partial charge on any atom is 0.133 e. The van der Waals surface area contributed by atoms with Gasteiger partial charge in [-0.05, 0) is 35.9 Å². The second-order valence-corrected chi connectivity index (χ2v) is 7.63. The number of aliphatic hydroxyl groups excluding tert-OH is 3. The third-order valence-electron chi connectivity index (χ3n) is 4.87. The van der Waals surface area contributed by atoms with Gasteiger partial charge in [0.25, 0.3) is 0 Å². The molecular weight excluding hydrogens is 420 g/mol. The van der Waals surface area contributed by atoms with E-state index in [9.17, 15) is 10.2 Å². The summed E-state index contributed by atoms with van der Waals surface area (Å²) in [6.45, 7) is 0.651. The molecule has 3 aromatic rings. The van der Waals surface area contributed by atoms with Crippen LogP contribution in [0.5, 0.6) is 5.75 Å². The van der Waals surface area contributed by atoms with Gasteiger partial charge < -0.3 is 29.2 Å². The molecular formula is C27H30O6. The van der Waals surface area contributed by atoms with E-state index in [0.717, 1.165) is 16.9 Å². The summed E-state index contributed by atoms with van der Waals surface area (Å²) in [4.78, 5) is 0. The Kier molecular flexibility index (Phi) is 9.98. The molecule has 0 spiro atoms. The van der Waals surface area contributed by atoms with Crippen LogP contribution in [-0.2, 0) is 18.0 Å². The molecule has 0 amide bonds. The zero-order chi connectivity index (χ0) is 23.3. The molecule has 3 rings (SSSR count). The van der Waals surface area contributed by atoms with Crippen LogP contribution in [0.15, 0.2) is 94.6 Å². The van der Waals surface area contributed by atoms with Crippen LogP contribution < -0.4 is 4.74 Å². The van der Waals surface area contributed by atoms with E-state index in [1.807, 2.05) is 60.7 Å². The highest BCUT2D eigenvalue weighted by Gasteiger charge is 2.12. The Morgan fingerprint density at radius 1 is 0.970 bits per heavy atom. The van der Waals surface area contributed by atoms with Crippen molar-refractivity contribution >= 4 is 0 Å². The van der Waals surface area contributed by atoms with Crippen molar-refractivity contribution in [1.82, 2.24) is 0 Å². The zero-order valence-electron chi connectivity index (χ0n) is 18.5. The molecule has 3 N–H and O–H groups in total. The number of benzene rings is 2. The van der Waals surface area contributed by atoms with Gasteiger partial charge >= 0.3 is 0 Å². The van der Waals surface area contributed by atoms with Gasteiger partial charge in [-0.3, -0.25) is 0 Å². The van der Waals surface area contributed by atoms with E-state index in [-0.39, 0.29) is 26.2 Å². The van der Waals surface area contributed by atoms with Crippen molar-refractivity contribution in [3.63, 3.8) is 0 Å². The van der Waals surface area contributed by atoms with Crippen molar-refractivity contribution in [3.8, 4) is 5.75 Å². The van der Waals surface area contributed by atoms with Crippen molar-refractivity contribution in [2.24, 2.45) is 0 Å². The highest BCUT2D eigenvalue weighted by molar-refractivity contribution is 5.22. The monoisotopic (exact) mass is 450 g/mol. The molecule has 2 aromatic carbocycles. The molecule has 0 aliphatic heterocycles. The summed E-state index contributed by atoms with van der Waals surface area (Å²) in [5, 5.41) is 29.9. The molecule has 6 nitrogen and oxygen atoms in total. The summed E-state index contributed by atoms with van der Waals surface area (Å²) >= 11 is 0. The summed E-state index contributed by atoms with van der Waals surface area (Å²) in [6, 6.07) is 22.5. The van der Waals surface area contributed by atoms with Crippen molar-refractivity contribution in [2.45, 2.75) is 38.3 Å². The van der Waals surface area contributed by atoms with E-state index < -0.39 is 12.2 Å². The number of hydrogen-bond acceptors (Lipinski definition) is 6. The number of rotatable bonds is 13. The largest absolute Gasteiger partial charge is 0.489 e. The third kappa shape index (κ3) is 8.73. The molecule has 1 heterocycles. The van der Waals surface area contributed by atoms with Crippen LogP contribution in [0.1, 0.15) is 36.0 Å². The third-order valence-corrected chi connectivity index (χ3v) is 4.87. The van der Waals surface area contributed by atoms with Gasteiger partial charge in [-0.25, -0.2) is 0 Å². The molecule has 2 atom stereocenters. The quantitative estimate of drug-likeness (QED) is 0.336. The van der Waals surface area contributed by atoms with Crippen molar-refractivity contribution < 1.29 is 29.2 Å². The van der Waals surface area contributed by atoms with Gasteiger partial charge in [-0.2, -0.15) is 0 Å². The minimum absolute atomic E-state index is 0.185. The average Bonchev–Trinajstić information content (AvgIpc) is 3.33. The first-order valence-corrected chi connectivity index (χ1v) is 10.9. The Labute approximate surface area is 194 Å². The summed E-state index contributed by atoms with van der Waals surface area (Å²) in [5.41, 5.74) is 4.94. The van der Waals surface area contributed by atoms with E-state index in [0.29, 0.717) is 24.5 Å². The minimum Gasteiger partial charge on any atom is -0.489 e. The fourth-order valence-electron chi connectivity index (χ4n) is 3.17. The van der Waals surface area contributed by atoms with Gasteiger partial charge in [0.1, 0.15) is 36.6 Å². The van der Waals surface area contributed by atoms with E-state index in [4.69, 9.17) is 19.0 Å². The van der Waals surface area contributed by atoms with E-state index in [1.165, 1.54) is 0 Å². The van der Waals surface area contributed by atoms with Crippen molar-refractivity contribution in [3.05, 3.63) is 107 Å². The molecule has 0 bridgehead atoms. The van der Waals surface area contributed by atoms with Gasteiger partial charge in [0, 0.05) is 18.4 Å². The number of para-hydroxylation sites is 1. The topological polar surface area (TPSA) is 92.3 Å². The molecule has 0 saturated carbocycles. The van der Waals surface area contributed by atoms with E-state index in [1.54, 1.807) is 18.2 Å². The van der Waals surface area contributed by atoms with Crippen LogP contribution in [0.4, 0.5) is 0 Å². The van der Waals surface area contributed by atoms with Crippen LogP contribution in [0.3, 0.4) is 0 Å². The van der Waals surface area contributed by atoms with Crippen LogP contribution in [0, 0.1) is 0 Å². The van der Waals surface area contributed by atoms with Gasteiger partial charge in [0.15, 0.2) is 0 Å². The number of furan rings is 1. The lowest BCUT2D eigenvalue weighted by molar-refractivity contribution is 0.0280. The predicted octanol–water partition coefficient (Wildman–Crippen LogP) is 4.32. The Hall–Kier alpha value is -3.12. The Morgan fingerprint density at radius 2 is 1.70 bits per heavy atom. The lowest BCUT2D eigenvalue weighted by Gasteiger charge is -2.14. The molecule has 0 fully saturated rings. The maximum atomic E-state index is 10.5. The summed E-state index contributed by atoms with van der Waals surface area (Å²) < 4.78 is 16.8. The number of hydrogen-bond donors (Lipinski definition) is 3. The zero-order valence-corrected chi connectivity index (χ0v) is 18.5. The molecule has 0 saturated heterocycles. The van der Waals surface area contributed by atoms with Crippen molar-refractivity contribution in [1.29, 1.82) is 0 Å². The Balaban J connectivity index is 1.58. The normalized spacial score (nSPS) is 12.6. The fraction of sp³-hybridized carbons (Fsp3) is 0.296. The van der Waals surface area contributed by atoms with Crippen LogP contribution in [0.2, 0.25) is 0 Å². The van der Waals surface area contributed by atoms with Gasteiger partial charge in [0.2, 0.25) is 0 Å². The average molecular weight is 451 g/mol. The SMILES string of the molecule is OCc1ccc([C@H](O)CC=C=C(COc2ccccc2)C[C@@H](O)COCc2ccccc2)o1. The maximum absolute atomic E-state index is 10.5. The van der Waals surface area contributed by atoms with E-state index >= 15 is 0 Å². The van der Waals surface area contributed by atoms with Crippen LogP contribution >= 0.6 is 0 Å². The first-order valence-electron chi connectivity index (χ1n) is 10.9.